The summed E-state index contributed by atoms with van der Waals surface area (Å²) in [7, 11) is 0. The van der Waals surface area contributed by atoms with Gasteiger partial charge in [-0.15, -0.1) is 11.6 Å². The molecule has 2 heteroatoms. The SMILES string of the molecule is CCCC/C=C\C=C\CCC(Cl)I. The summed E-state index contributed by atoms with van der Waals surface area (Å²) >= 11 is 8.03. The van der Waals surface area contributed by atoms with Crippen molar-refractivity contribution in [1.29, 1.82) is 0 Å². The fourth-order valence-electron chi connectivity index (χ4n) is 0.894. The summed E-state index contributed by atoms with van der Waals surface area (Å²) in [6, 6.07) is 0. The van der Waals surface area contributed by atoms with Gasteiger partial charge in [-0.1, -0.05) is 66.7 Å². The van der Waals surface area contributed by atoms with E-state index in [1.807, 2.05) is 0 Å². The molecule has 0 bridgehead atoms. The minimum absolute atomic E-state index is 0.270. The Morgan fingerprint density at radius 3 is 2.38 bits per heavy atom. The van der Waals surface area contributed by atoms with Crippen molar-refractivity contribution in [2.75, 3.05) is 0 Å². The van der Waals surface area contributed by atoms with Crippen LogP contribution in [0.2, 0.25) is 0 Å². The van der Waals surface area contributed by atoms with Crippen molar-refractivity contribution in [2.45, 2.75) is 42.4 Å². The maximum Gasteiger partial charge on any atom is 0.0853 e. The lowest BCUT2D eigenvalue weighted by molar-refractivity contribution is 0.815. The first kappa shape index (κ1) is 13.5. The average Bonchev–Trinajstić information content (AvgIpc) is 2.09. The van der Waals surface area contributed by atoms with E-state index in [0.29, 0.717) is 0 Å². The third-order valence-electron chi connectivity index (χ3n) is 1.66. The molecular weight excluding hydrogens is 294 g/mol. The van der Waals surface area contributed by atoms with Crippen molar-refractivity contribution in [3.05, 3.63) is 24.3 Å². The highest BCUT2D eigenvalue weighted by molar-refractivity contribution is 14.1. The van der Waals surface area contributed by atoms with Crippen LogP contribution in [0.1, 0.15) is 39.0 Å². The Balaban J connectivity index is 3.24. The van der Waals surface area contributed by atoms with Crippen molar-refractivity contribution >= 4 is 34.2 Å². The smallest absolute Gasteiger partial charge is 0.0853 e. The summed E-state index contributed by atoms with van der Waals surface area (Å²) in [6.45, 7) is 2.21. The van der Waals surface area contributed by atoms with Crippen LogP contribution in [0, 0.1) is 0 Å². The summed E-state index contributed by atoms with van der Waals surface area (Å²) in [5.74, 6) is 0. The number of unbranched alkanes of at least 4 members (excludes halogenated alkanes) is 2. The van der Waals surface area contributed by atoms with Crippen LogP contribution in [0.25, 0.3) is 0 Å². The van der Waals surface area contributed by atoms with E-state index in [-0.39, 0.29) is 3.38 Å². The second kappa shape index (κ2) is 10.6. The Bertz CT molecular complexity index is 150. The van der Waals surface area contributed by atoms with Crippen LogP contribution in [0.5, 0.6) is 0 Å². The normalized spacial score (nSPS) is 14.4. The number of hydrogen-bond acceptors (Lipinski definition) is 0. The molecular formula is C11H18ClI. The van der Waals surface area contributed by atoms with Crippen LogP contribution < -0.4 is 0 Å². The second-order valence-corrected chi connectivity index (χ2v) is 5.73. The van der Waals surface area contributed by atoms with Gasteiger partial charge in [-0.3, -0.25) is 0 Å². The monoisotopic (exact) mass is 312 g/mol. The summed E-state index contributed by atoms with van der Waals surface area (Å²) in [5, 5.41) is 0. The average molecular weight is 313 g/mol. The first-order valence-corrected chi connectivity index (χ1v) is 6.55. The highest BCUT2D eigenvalue weighted by Gasteiger charge is 1.92. The molecule has 0 aromatic carbocycles. The van der Waals surface area contributed by atoms with Crippen molar-refractivity contribution in [3.8, 4) is 0 Å². The summed E-state index contributed by atoms with van der Waals surface area (Å²) in [4.78, 5) is 0. The van der Waals surface area contributed by atoms with Crippen LogP contribution in [0.3, 0.4) is 0 Å². The zero-order valence-corrected chi connectivity index (χ0v) is 11.1. The zero-order chi connectivity index (χ0) is 9.94. The van der Waals surface area contributed by atoms with Gasteiger partial charge < -0.3 is 0 Å². The lowest BCUT2D eigenvalue weighted by atomic mass is 10.2. The molecule has 1 atom stereocenters. The Labute approximate surface area is 101 Å². The van der Waals surface area contributed by atoms with Crippen LogP contribution in [0.15, 0.2) is 24.3 Å². The minimum atomic E-state index is 0.270. The van der Waals surface area contributed by atoms with Gasteiger partial charge in [0.15, 0.2) is 0 Å². The van der Waals surface area contributed by atoms with Gasteiger partial charge in [0.2, 0.25) is 0 Å². The van der Waals surface area contributed by atoms with Crippen LogP contribution in [-0.2, 0) is 0 Å². The Hall–Kier alpha value is 0.500. The highest BCUT2D eigenvalue weighted by Crippen LogP contribution is 2.12. The number of hydrogen-bond donors (Lipinski definition) is 0. The van der Waals surface area contributed by atoms with Gasteiger partial charge in [-0.25, -0.2) is 0 Å². The number of allylic oxidation sites excluding steroid dienone is 4. The summed E-state index contributed by atoms with van der Waals surface area (Å²) in [6.07, 6.45) is 14.6. The fraction of sp³-hybridized carbons (Fsp3) is 0.636. The van der Waals surface area contributed by atoms with Gasteiger partial charge in [0.05, 0.1) is 3.38 Å². The number of alkyl halides is 2. The topological polar surface area (TPSA) is 0 Å². The molecule has 0 radical (unpaired) electrons. The van der Waals surface area contributed by atoms with E-state index >= 15 is 0 Å². The lowest BCUT2D eigenvalue weighted by Crippen LogP contribution is -1.81. The molecule has 0 rings (SSSR count). The van der Waals surface area contributed by atoms with Gasteiger partial charge in [-0.2, -0.15) is 0 Å². The van der Waals surface area contributed by atoms with Crippen molar-refractivity contribution < 1.29 is 0 Å². The van der Waals surface area contributed by atoms with Crippen LogP contribution in [0.4, 0.5) is 0 Å². The molecule has 0 N–H and O–H groups in total. The minimum Gasteiger partial charge on any atom is -0.111 e. The molecule has 0 aliphatic heterocycles. The molecule has 0 spiro atoms. The lowest BCUT2D eigenvalue weighted by Gasteiger charge is -1.93. The molecule has 0 aliphatic carbocycles. The highest BCUT2D eigenvalue weighted by atomic mass is 127. The molecule has 0 saturated carbocycles. The van der Waals surface area contributed by atoms with E-state index in [0.717, 1.165) is 12.8 Å². The quantitative estimate of drug-likeness (QED) is 0.266. The molecule has 76 valence electrons. The largest absolute Gasteiger partial charge is 0.111 e. The van der Waals surface area contributed by atoms with Gasteiger partial charge in [0, 0.05) is 0 Å². The number of rotatable bonds is 7. The summed E-state index contributed by atoms with van der Waals surface area (Å²) in [5.41, 5.74) is 0. The fourth-order valence-corrected chi connectivity index (χ4v) is 1.38. The van der Waals surface area contributed by atoms with Gasteiger partial charge in [0.1, 0.15) is 0 Å². The third-order valence-corrected chi connectivity index (χ3v) is 2.50. The Kier molecular flexibility index (Phi) is 11.0. The molecule has 0 aromatic heterocycles. The Morgan fingerprint density at radius 2 is 1.85 bits per heavy atom. The Morgan fingerprint density at radius 1 is 1.23 bits per heavy atom. The maximum atomic E-state index is 5.79. The second-order valence-electron chi connectivity index (χ2n) is 2.97. The van der Waals surface area contributed by atoms with Gasteiger partial charge >= 0.3 is 0 Å². The standard InChI is InChI=1S/C11H18ClI/c1-2-3-4-5-6-7-8-9-10-11(12)13/h5-8,11H,2-4,9-10H2,1H3/b6-5-,8-7+. The molecule has 0 fully saturated rings. The van der Waals surface area contributed by atoms with Crippen molar-refractivity contribution in [3.63, 3.8) is 0 Å². The molecule has 13 heavy (non-hydrogen) atoms. The summed E-state index contributed by atoms with van der Waals surface area (Å²) < 4.78 is 0.270. The predicted octanol–water partition coefficient (Wildman–Crippen LogP) is 5.07. The van der Waals surface area contributed by atoms with Gasteiger partial charge in [0.25, 0.3) is 0 Å². The first-order chi connectivity index (χ1) is 6.27. The van der Waals surface area contributed by atoms with Crippen LogP contribution >= 0.6 is 34.2 Å². The zero-order valence-electron chi connectivity index (χ0n) is 8.18. The molecule has 0 nitrogen and oxygen atoms in total. The number of halogens is 2. The van der Waals surface area contributed by atoms with Crippen molar-refractivity contribution in [1.82, 2.24) is 0 Å². The molecule has 0 aliphatic rings. The van der Waals surface area contributed by atoms with E-state index in [4.69, 9.17) is 11.6 Å². The maximum absolute atomic E-state index is 5.79. The third kappa shape index (κ3) is 12.5. The molecule has 0 saturated heterocycles. The predicted molar refractivity (Wildman–Crippen MR) is 70.7 cm³/mol. The van der Waals surface area contributed by atoms with Gasteiger partial charge in [-0.05, 0) is 19.3 Å². The van der Waals surface area contributed by atoms with E-state index in [1.165, 1.54) is 19.3 Å². The van der Waals surface area contributed by atoms with E-state index in [9.17, 15) is 0 Å². The molecule has 0 aromatic rings. The molecule has 0 amide bonds. The van der Waals surface area contributed by atoms with E-state index in [1.54, 1.807) is 0 Å². The molecule has 0 heterocycles. The molecule has 1 unspecified atom stereocenters. The van der Waals surface area contributed by atoms with E-state index in [2.05, 4.69) is 53.8 Å². The van der Waals surface area contributed by atoms with Crippen LogP contribution in [-0.4, -0.2) is 3.38 Å². The van der Waals surface area contributed by atoms with Crippen molar-refractivity contribution in [2.24, 2.45) is 0 Å². The van der Waals surface area contributed by atoms with E-state index < -0.39 is 0 Å². The first-order valence-electron chi connectivity index (χ1n) is 4.87.